The summed E-state index contributed by atoms with van der Waals surface area (Å²) in [7, 11) is 0. The number of aromatic nitrogens is 1. The maximum atomic E-state index is 2.46. The Hall–Kier alpha value is -3.32. The molecule has 0 fully saturated rings. The normalized spacial score (nSPS) is 12.0. The molecule has 1 heterocycles. The van der Waals surface area contributed by atoms with Crippen LogP contribution in [0.25, 0.3) is 44.1 Å². The zero-order chi connectivity index (χ0) is 20.0. The molecule has 0 atom stereocenters. The molecule has 0 saturated carbocycles. The Balaban J connectivity index is 1.72. The second-order valence-corrected chi connectivity index (χ2v) is 8.70. The quantitative estimate of drug-likeness (QED) is 0.296. The highest BCUT2D eigenvalue weighted by atomic mass is 15.0. The van der Waals surface area contributed by atoms with Gasteiger partial charge in [0.05, 0.1) is 0 Å². The molecule has 1 aromatic heterocycles. The first kappa shape index (κ1) is 17.8. The summed E-state index contributed by atoms with van der Waals surface area (Å²) in [5.41, 5.74) is 7.62. The lowest BCUT2D eigenvalue weighted by atomic mass is 9.98. The molecule has 0 bridgehead atoms. The predicted molar refractivity (Wildman–Crippen MR) is 125 cm³/mol. The van der Waals surface area contributed by atoms with Gasteiger partial charge in [-0.1, -0.05) is 72.8 Å². The molecule has 0 radical (unpaired) electrons. The van der Waals surface area contributed by atoms with E-state index in [0.717, 1.165) is 0 Å². The van der Waals surface area contributed by atoms with Crippen molar-refractivity contribution >= 4 is 21.8 Å². The van der Waals surface area contributed by atoms with Crippen molar-refractivity contribution in [2.45, 2.75) is 26.3 Å². The van der Waals surface area contributed by atoms with Gasteiger partial charge in [0.15, 0.2) is 0 Å². The van der Waals surface area contributed by atoms with E-state index in [4.69, 9.17) is 0 Å². The average molecular weight is 376 g/mol. The van der Waals surface area contributed by atoms with Crippen molar-refractivity contribution in [2.24, 2.45) is 0 Å². The van der Waals surface area contributed by atoms with Gasteiger partial charge in [-0.25, -0.2) is 0 Å². The lowest BCUT2D eigenvalue weighted by molar-refractivity contribution is 0.423. The van der Waals surface area contributed by atoms with Crippen molar-refractivity contribution in [3.05, 3.63) is 97.1 Å². The van der Waals surface area contributed by atoms with Crippen LogP contribution in [-0.2, 0) is 5.54 Å². The second kappa shape index (κ2) is 6.63. The third-order valence-electron chi connectivity index (χ3n) is 5.65. The van der Waals surface area contributed by atoms with Gasteiger partial charge in [-0.05, 0) is 67.3 Å². The van der Waals surface area contributed by atoms with Crippen molar-refractivity contribution < 1.29 is 0 Å². The predicted octanol–water partition coefficient (Wildman–Crippen LogP) is 7.88. The Morgan fingerprint density at radius 2 is 1.07 bits per heavy atom. The zero-order valence-corrected chi connectivity index (χ0v) is 17.2. The zero-order valence-electron chi connectivity index (χ0n) is 17.2. The van der Waals surface area contributed by atoms with Crippen molar-refractivity contribution in [3.8, 4) is 22.3 Å². The number of nitrogens with zero attached hydrogens (tertiary/aromatic N) is 1. The Bertz CT molecular complexity index is 1320. The number of benzene rings is 4. The monoisotopic (exact) mass is 375 g/mol. The first-order valence-corrected chi connectivity index (χ1v) is 10.2. The minimum atomic E-state index is 0.0239. The molecular formula is C28H25N. The van der Waals surface area contributed by atoms with E-state index in [-0.39, 0.29) is 5.54 Å². The highest BCUT2D eigenvalue weighted by Crippen LogP contribution is 2.36. The smallest absolute Gasteiger partial charge is 0.0496 e. The molecule has 0 aliphatic carbocycles. The average Bonchev–Trinajstić information content (AvgIpc) is 3.08. The highest BCUT2D eigenvalue weighted by molar-refractivity contribution is 6.09. The van der Waals surface area contributed by atoms with Crippen LogP contribution < -0.4 is 0 Å². The second-order valence-electron chi connectivity index (χ2n) is 8.70. The fourth-order valence-electron chi connectivity index (χ4n) is 4.38. The third kappa shape index (κ3) is 3.03. The van der Waals surface area contributed by atoms with Gasteiger partial charge >= 0.3 is 0 Å². The van der Waals surface area contributed by atoms with Crippen LogP contribution in [0.4, 0.5) is 0 Å². The molecule has 142 valence electrons. The molecule has 4 aromatic carbocycles. The summed E-state index contributed by atoms with van der Waals surface area (Å²) in [5, 5.41) is 2.64. The Kier molecular flexibility index (Phi) is 4.06. The molecule has 29 heavy (non-hydrogen) atoms. The number of hydrogen-bond acceptors (Lipinski definition) is 0. The minimum Gasteiger partial charge on any atom is -0.335 e. The molecular weight excluding hydrogens is 350 g/mol. The summed E-state index contributed by atoms with van der Waals surface area (Å²) in [4.78, 5) is 0. The lowest BCUT2D eigenvalue weighted by Gasteiger charge is -2.24. The standard InChI is InChI=1S/C28H25N/c1-28(2,3)29-26-15-8-7-14-24(26)25-19-23(16-17-27(25)29)22-13-9-12-21(18-22)20-10-5-4-6-11-20/h4-19H,1-3H3. The molecule has 0 aliphatic rings. The van der Waals surface area contributed by atoms with Crippen LogP contribution in [0.5, 0.6) is 0 Å². The first-order valence-electron chi connectivity index (χ1n) is 10.2. The maximum Gasteiger partial charge on any atom is 0.0496 e. The van der Waals surface area contributed by atoms with E-state index < -0.39 is 0 Å². The summed E-state index contributed by atoms with van der Waals surface area (Å²) in [6.07, 6.45) is 0. The van der Waals surface area contributed by atoms with E-state index >= 15 is 0 Å². The molecule has 0 unspecified atom stereocenters. The van der Waals surface area contributed by atoms with E-state index in [2.05, 4.69) is 122 Å². The molecule has 1 nitrogen and oxygen atoms in total. The van der Waals surface area contributed by atoms with Crippen LogP contribution in [0.15, 0.2) is 97.1 Å². The van der Waals surface area contributed by atoms with Gasteiger partial charge in [0, 0.05) is 27.3 Å². The number of para-hydroxylation sites is 1. The van der Waals surface area contributed by atoms with Crippen LogP contribution in [0, 0.1) is 0 Å². The topological polar surface area (TPSA) is 4.93 Å². The third-order valence-corrected chi connectivity index (χ3v) is 5.65. The van der Waals surface area contributed by atoms with Crippen molar-refractivity contribution in [1.29, 1.82) is 0 Å². The van der Waals surface area contributed by atoms with E-state index in [1.54, 1.807) is 0 Å². The number of hydrogen-bond donors (Lipinski definition) is 0. The first-order chi connectivity index (χ1) is 14.0. The van der Waals surface area contributed by atoms with Crippen LogP contribution in [-0.4, -0.2) is 4.57 Å². The summed E-state index contributed by atoms with van der Waals surface area (Å²) in [6.45, 7) is 6.82. The van der Waals surface area contributed by atoms with Crippen molar-refractivity contribution in [2.75, 3.05) is 0 Å². The summed E-state index contributed by atoms with van der Waals surface area (Å²) in [5.74, 6) is 0. The van der Waals surface area contributed by atoms with Crippen LogP contribution in [0.1, 0.15) is 20.8 Å². The molecule has 0 saturated heterocycles. The SMILES string of the molecule is CC(C)(C)n1c2ccccc2c2cc(-c3cccc(-c4ccccc4)c3)ccc21. The largest absolute Gasteiger partial charge is 0.335 e. The molecule has 1 heteroatoms. The van der Waals surface area contributed by atoms with Gasteiger partial charge in [-0.15, -0.1) is 0 Å². The van der Waals surface area contributed by atoms with Crippen molar-refractivity contribution in [3.63, 3.8) is 0 Å². The van der Waals surface area contributed by atoms with Crippen LogP contribution in [0.3, 0.4) is 0 Å². The van der Waals surface area contributed by atoms with E-state index in [0.29, 0.717) is 0 Å². The number of fused-ring (bicyclic) bond motifs is 3. The summed E-state index contributed by atoms with van der Waals surface area (Å²) >= 11 is 0. The van der Waals surface area contributed by atoms with E-state index in [1.807, 2.05) is 0 Å². The molecule has 0 aliphatic heterocycles. The highest BCUT2D eigenvalue weighted by Gasteiger charge is 2.20. The molecule has 0 amide bonds. The van der Waals surface area contributed by atoms with Crippen LogP contribution in [0.2, 0.25) is 0 Å². The van der Waals surface area contributed by atoms with Gasteiger partial charge in [0.25, 0.3) is 0 Å². The van der Waals surface area contributed by atoms with Gasteiger partial charge in [0.1, 0.15) is 0 Å². The number of rotatable bonds is 2. The maximum absolute atomic E-state index is 2.46. The molecule has 0 spiro atoms. The van der Waals surface area contributed by atoms with Gasteiger partial charge < -0.3 is 4.57 Å². The lowest BCUT2D eigenvalue weighted by Crippen LogP contribution is -2.21. The van der Waals surface area contributed by atoms with E-state index in [1.165, 1.54) is 44.1 Å². The van der Waals surface area contributed by atoms with E-state index in [9.17, 15) is 0 Å². The summed E-state index contributed by atoms with van der Waals surface area (Å²) in [6, 6.07) is 35.0. The van der Waals surface area contributed by atoms with Gasteiger partial charge in [0.2, 0.25) is 0 Å². The Morgan fingerprint density at radius 3 is 1.83 bits per heavy atom. The Labute approximate surface area is 172 Å². The fraction of sp³-hybridized carbons (Fsp3) is 0.143. The summed E-state index contributed by atoms with van der Waals surface area (Å²) < 4.78 is 2.46. The molecule has 5 aromatic rings. The minimum absolute atomic E-state index is 0.0239. The van der Waals surface area contributed by atoms with Gasteiger partial charge in [-0.2, -0.15) is 0 Å². The van der Waals surface area contributed by atoms with Crippen LogP contribution >= 0.6 is 0 Å². The molecule has 0 N–H and O–H groups in total. The van der Waals surface area contributed by atoms with Crippen molar-refractivity contribution in [1.82, 2.24) is 4.57 Å². The Morgan fingerprint density at radius 1 is 0.483 bits per heavy atom. The molecule has 5 rings (SSSR count). The van der Waals surface area contributed by atoms with Gasteiger partial charge in [-0.3, -0.25) is 0 Å². The fourth-order valence-corrected chi connectivity index (χ4v) is 4.38.